The minimum absolute atomic E-state index is 0.0561. The van der Waals surface area contributed by atoms with Crippen molar-refractivity contribution in [1.29, 1.82) is 0 Å². The zero-order valence-electron chi connectivity index (χ0n) is 17.4. The van der Waals surface area contributed by atoms with Crippen LogP contribution in [0.4, 0.5) is 11.6 Å². The summed E-state index contributed by atoms with van der Waals surface area (Å²) in [5.41, 5.74) is 1.56. The van der Waals surface area contributed by atoms with Gasteiger partial charge in [0.2, 0.25) is 5.91 Å². The lowest BCUT2D eigenvalue weighted by atomic mass is 10.3. The van der Waals surface area contributed by atoms with E-state index in [1.807, 2.05) is 6.07 Å². The summed E-state index contributed by atoms with van der Waals surface area (Å²) >= 11 is 1.10. The van der Waals surface area contributed by atoms with E-state index in [1.165, 1.54) is 13.1 Å². The lowest BCUT2D eigenvalue weighted by Crippen LogP contribution is -2.22. The molecule has 0 spiro atoms. The summed E-state index contributed by atoms with van der Waals surface area (Å²) in [7, 11) is -3.47. The summed E-state index contributed by atoms with van der Waals surface area (Å²) in [6, 6.07) is 5.17. The van der Waals surface area contributed by atoms with Crippen LogP contribution in [0.1, 0.15) is 43.4 Å². The Morgan fingerprint density at radius 3 is 2.91 bits per heavy atom. The number of carbonyl (C=O) groups excluding carboxylic acids is 1. The number of aromatic amines is 1. The van der Waals surface area contributed by atoms with Gasteiger partial charge in [-0.1, -0.05) is 5.92 Å². The molecular formula is C21H22N6O3S2. The minimum Gasteiger partial charge on any atom is -0.356 e. The number of nitrogens with zero attached hydrogens (tertiary/aromatic N) is 3. The van der Waals surface area contributed by atoms with Gasteiger partial charge in [-0.3, -0.25) is 9.89 Å². The molecular weight excluding hydrogens is 448 g/mol. The standard InChI is InChI=1S/C21H22N6O3S2/c1-3-14-12-23-21(25-20(14)24-18-11-16(26-27-18)15-5-6-15)17-7-8-19(31-17)32(29,30)10-4-9-22-13(2)28/h1,7-8,11-12,15H,4-6,9-10H2,2H3,(H,22,28)(H2,23,24,25,26,27). The molecule has 4 rings (SSSR count). The SMILES string of the molecule is C#Cc1cnc(-c2ccc(S(=O)(=O)CCCNC(C)=O)s2)nc1Nc1cc(C2CC2)[nH]n1. The Labute approximate surface area is 190 Å². The molecule has 0 radical (unpaired) electrons. The van der Waals surface area contributed by atoms with Crippen LogP contribution in [-0.2, 0) is 14.6 Å². The molecule has 3 heterocycles. The molecule has 1 saturated carbocycles. The fraction of sp³-hybridized carbons (Fsp3) is 0.333. The predicted molar refractivity (Wildman–Crippen MR) is 122 cm³/mol. The van der Waals surface area contributed by atoms with E-state index in [1.54, 1.807) is 12.1 Å². The van der Waals surface area contributed by atoms with Crippen LogP contribution in [0.5, 0.6) is 0 Å². The van der Waals surface area contributed by atoms with Crippen molar-refractivity contribution >= 4 is 38.7 Å². The van der Waals surface area contributed by atoms with E-state index in [0.717, 1.165) is 29.9 Å². The fourth-order valence-corrected chi connectivity index (χ4v) is 5.77. The van der Waals surface area contributed by atoms with Crippen molar-refractivity contribution in [3.63, 3.8) is 0 Å². The van der Waals surface area contributed by atoms with E-state index in [4.69, 9.17) is 6.42 Å². The molecule has 0 unspecified atom stereocenters. The molecule has 0 aliphatic heterocycles. The quantitative estimate of drug-likeness (QED) is 0.324. The third-order valence-corrected chi connectivity index (χ3v) is 8.34. The summed E-state index contributed by atoms with van der Waals surface area (Å²) in [5.74, 6) is 4.26. The number of terminal acetylenes is 1. The van der Waals surface area contributed by atoms with Crippen LogP contribution in [-0.4, -0.2) is 46.8 Å². The highest BCUT2D eigenvalue weighted by atomic mass is 32.2. The number of carbonyl (C=O) groups is 1. The van der Waals surface area contributed by atoms with E-state index < -0.39 is 9.84 Å². The zero-order valence-corrected chi connectivity index (χ0v) is 19.0. The molecule has 32 heavy (non-hydrogen) atoms. The Kier molecular flexibility index (Phi) is 6.25. The number of anilines is 2. The Bertz CT molecular complexity index is 1280. The van der Waals surface area contributed by atoms with Crippen LogP contribution in [0.25, 0.3) is 10.7 Å². The molecule has 0 aromatic carbocycles. The molecule has 1 fully saturated rings. The second-order valence-corrected chi connectivity index (χ2v) is 10.9. The number of amides is 1. The molecule has 0 saturated heterocycles. The van der Waals surface area contributed by atoms with Crippen molar-refractivity contribution in [1.82, 2.24) is 25.5 Å². The Morgan fingerprint density at radius 2 is 2.19 bits per heavy atom. The van der Waals surface area contributed by atoms with Crippen LogP contribution in [0.3, 0.4) is 0 Å². The van der Waals surface area contributed by atoms with Gasteiger partial charge >= 0.3 is 0 Å². The molecule has 3 aromatic heterocycles. The van der Waals surface area contributed by atoms with Gasteiger partial charge in [-0.15, -0.1) is 17.8 Å². The van der Waals surface area contributed by atoms with Crippen LogP contribution >= 0.6 is 11.3 Å². The van der Waals surface area contributed by atoms with Crippen molar-refractivity contribution in [3.05, 3.63) is 35.7 Å². The monoisotopic (exact) mass is 470 g/mol. The van der Waals surface area contributed by atoms with Crippen LogP contribution in [0.15, 0.2) is 28.6 Å². The van der Waals surface area contributed by atoms with E-state index in [2.05, 4.69) is 36.7 Å². The van der Waals surface area contributed by atoms with Gasteiger partial charge in [0.1, 0.15) is 4.21 Å². The molecule has 1 aliphatic rings. The van der Waals surface area contributed by atoms with E-state index in [0.29, 0.717) is 46.8 Å². The second-order valence-electron chi connectivity index (χ2n) is 7.48. The summed E-state index contributed by atoms with van der Waals surface area (Å²) < 4.78 is 25.4. The van der Waals surface area contributed by atoms with Gasteiger partial charge in [0.25, 0.3) is 0 Å². The maximum Gasteiger partial charge on any atom is 0.216 e. The normalized spacial score (nSPS) is 13.5. The largest absolute Gasteiger partial charge is 0.356 e. The van der Waals surface area contributed by atoms with Gasteiger partial charge in [0.05, 0.1) is 16.2 Å². The van der Waals surface area contributed by atoms with Crippen molar-refractivity contribution in [2.45, 2.75) is 36.3 Å². The van der Waals surface area contributed by atoms with Crippen LogP contribution < -0.4 is 10.6 Å². The Morgan fingerprint density at radius 1 is 1.38 bits per heavy atom. The summed E-state index contributed by atoms with van der Waals surface area (Å²) in [4.78, 5) is 20.4. The average molecular weight is 471 g/mol. The maximum atomic E-state index is 12.6. The summed E-state index contributed by atoms with van der Waals surface area (Å²) in [6.45, 7) is 1.71. The first-order valence-electron chi connectivity index (χ1n) is 10.1. The van der Waals surface area contributed by atoms with E-state index in [-0.39, 0.29) is 15.9 Å². The number of nitrogens with one attached hydrogen (secondary N) is 3. The van der Waals surface area contributed by atoms with Crippen molar-refractivity contribution in [2.75, 3.05) is 17.6 Å². The van der Waals surface area contributed by atoms with E-state index >= 15 is 0 Å². The fourth-order valence-electron chi connectivity index (χ4n) is 3.06. The second kappa shape index (κ2) is 9.10. The Balaban J connectivity index is 1.51. The van der Waals surface area contributed by atoms with Gasteiger partial charge in [-0.05, 0) is 31.4 Å². The topological polar surface area (TPSA) is 130 Å². The summed E-state index contributed by atoms with van der Waals surface area (Å²) in [5, 5.41) is 13.0. The van der Waals surface area contributed by atoms with Gasteiger partial charge < -0.3 is 10.6 Å². The molecule has 3 N–H and O–H groups in total. The van der Waals surface area contributed by atoms with Crippen molar-refractivity contribution in [3.8, 4) is 23.0 Å². The van der Waals surface area contributed by atoms with Crippen LogP contribution in [0.2, 0.25) is 0 Å². The predicted octanol–water partition coefficient (Wildman–Crippen LogP) is 2.83. The maximum absolute atomic E-state index is 12.6. The Hall–Kier alpha value is -3.23. The third kappa shape index (κ3) is 5.15. The smallest absolute Gasteiger partial charge is 0.216 e. The van der Waals surface area contributed by atoms with Crippen molar-refractivity contribution < 1.29 is 13.2 Å². The molecule has 9 nitrogen and oxygen atoms in total. The molecule has 11 heteroatoms. The number of thiophene rings is 1. The average Bonchev–Trinajstić information content (AvgIpc) is 3.29. The van der Waals surface area contributed by atoms with Crippen molar-refractivity contribution in [2.24, 2.45) is 0 Å². The number of sulfone groups is 1. The zero-order chi connectivity index (χ0) is 22.7. The van der Waals surface area contributed by atoms with Gasteiger partial charge in [0, 0.05) is 37.3 Å². The number of H-pyrrole nitrogens is 1. The summed E-state index contributed by atoms with van der Waals surface area (Å²) in [6.07, 6.45) is 9.77. The molecule has 1 aliphatic carbocycles. The first kappa shape index (κ1) is 22.0. The molecule has 0 atom stereocenters. The molecule has 1 amide bonds. The van der Waals surface area contributed by atoms with Gasteiger partial charge in [-0.2, -0.15) is 5.10 Å². The highest BCUT2D eigenvalue weighted by molar-refractivity contribution is 7.93. The minimum atomic E-state index is -3.47. The van der Waals surface area contributed by atoms with Crippen LogP contribution in [0, 0.1) is 12.3 Å². The first-order chi connectivity index (χ1) is 15.4. The third-order valence-electron chi connectivity index (χ3n) is 4.88. The highest BCUT2D eigenvalue weighted by Crippen LogP contribution is 2.39. The molecule has 166 valence electrons. The molecule has 0 bridgehead atoms. The number of aromatic nitrogens is 4. The number of hydrogen-bond acceptors (Lipinski definition) is 8. The number of hydrogen-bond donors (Lipinski definition) is 3. The lowest BCUT2D eigenvalue weighted by molar-refractivity contribution is -0.118. The lowest BCUT2D eigenvalue weighted by Gasteiger charge is -2.06. The van der Waals surface area contributed by atoms with Gasteiger partial charge in [-0.25, -0.2) is 18.4 Å². The molecule has 3 aromatic rings. The number of rotatable bonds is 9. The van der Waals surface area contributed by atoms with Gasteiger partial charge in [0.15, 0.2) is 27.3 Å². The first-order valence-corrected chi connectivity index (χ1v) is 12.6. The van der Waals surface area contributed by atoms with E-state index in [9.17, 15) is 13.2 Å². The highest BCUT2D eigenvalue weighted by Gasteiger charge is 2.25.